The lowest BCUT2D eigenvalue weighted by Crippen LogP contribution is -2.63. The van der Waals surface area contributed by atoms with E-state index in [2.05, 4.69) is 4.74 Å². The van der Waals surface area contributed by atoms with Gasteiger partial charge in [-0.05, 0) is 0 Å². The van der Waals surface area contributed by atoms with Gasteiger partial charge in [0.25, 0.3) is 5.85 Å². The summed E-state index contributed by atoms with van der Waals surface area (Å²) in [4.78, 5) is 0. The smallest absolute Gasteiger partial charge is 0.263 e. The Morgan fingerprint density at radius 3 is 2.15 bits per heavy atom. The molecular formula is C6H11FO6. The number of alkyl halides is 1. The number of ether oxygens (including phenoxy) is 1. The zero-order chi connectivity index (χ0) is 10.2. The lowest BCUT2D eigenvalue weighted by atomic mass is 9.98. The second kappa shape index (κ2) is 3.45. The molecule has 0 amide bonds. The summed E-state index contributed by atoms with van der Waals surface area (Å²) in [7, 11) is 0. The Hall–Kier alpha value is -0.310. The largest absolute Gasteiger partial charge is 0.390 e. The summed E-state index contributed by atoms with van der Waals surface area (Å²) in [6.45, 7) is -1.23. The van der Waals surface area contributed by atoms with Gasteiger partial charge in [0.2, 0.25) is 0 Å². The fourth-order valence-corrected chi connectivity index (χ4v) is 1.08. The van der Waals surface area contributed by atoms with E-state index in [1.54, 1.807) is 0 Å². The molecule has 1 fully saturated rings. The van der Waals surface area contributed by atoms with Crippen LogP contribution in [0.1, 0.15) is 0 Å². The van der Waals surface area contributed by atoms with Crippen LogP contribution in [0.3, 0.4) is 0 Å². The van der Waals surface area contributed by atoms with E-state index < -0.39 is 37.1 Å². The van der Waals surface area contributed by atoms with Crippen LogP contribution < -0.4 is 0 Å². The minimum Gasteiger partial charge on any atom is -0.390 e. The van der Waals surface area contributed by atoms with E-state index in [9.17, 15) is 4.39 Å². The van der Waals surface area contributed by atoms with Crippen LogP contribution in [0.15, 0.2) is 0 Å². The lowest BCUT2D eigenvalue weighted by Gasteiger charge is -2.41. The number of hydrogen-bond donors (Lipinski definition) is 5. The van der Waals surface area contributed by atoms with Gasteiger partial charge in [0.1, 0.15) is 24.9 Å². The summed E-state index contributed by atoms with van der Waals surface area (Å²) in [6.07, 6.45) is -7.78. The Balaban J connectivity index is 2.82. The topological polar surface area (TPSA) is 110 Å². The molecule has 0 aromatic carbocycles. The van der Waals surface area contributed by atoms with Crippen LogP contribution in [0.2, 0.25) is 0 Å². The SMILES string of the molecule is OC[C@]1(F)O[C@@H](O)[C@H](O)[C@@H](O)[C@@H]1O. The molecule has 78 valence electrons. The van der Waals surface area contributed by atoms with Crippen molar-refractivity contribution in [3.8, 4) is 0 Å². The molecule has 6 nitrogen and oxygen atoms in total. The normalized spacial score (nSPS) is 52.2. The van der Waals surface area contributed by atoms with E-state index in [4.69, 9.17) is 25.5 Å². The maximum atomic E-state index is 13.2. The van der Waals surface area contributed by atoms with Crippen LogP contribution in [0.4, 0.5) is 4.39 Å². The van der Waals surface area contributed by atoms with E-state index >= 15 is 0 Å². The van der Waals surface area contributed by atoms with Gasteiger partial charge >= 0.3 is 0 Å². The average Bonchev–Trinajstić information content (AvgIpc) is 2.12. The third-order valence-corrected chi connectivity index (χ3v) is 1.94. The summed E-state index contributed by atoms with van der Waals surface area (Å²) in [5.41, 5.74) is 0. The first-order valence-electron chi connectivity index (χ1n) is 3.62. The highest BCUT2D eigenvalue weighted by atomic mass is 19.2. The first-order chi connectivity index (χ1) is 5.92. The first kappa shape index (κ1) is 10.8. The molecule has 0 spiro atoms. The minimum absolute atomic E-state index is 1.23. The third kappa shape index (κ3) is 1.66. The summed E-state index contributed by atoms with van der Waals surface area (Å²) in [5, 5.41) is 44.2. The molecule has 0 aromatic heterocycles. The monoisotopic (exact) mass is 198 g/mol. The first-order valence-corrected chi connectivity index (χ1v) is 3.62. The van der Waals surface area contributed by atoms with Crippen molar-refractivity contribution >= 4 is 0 Å². The molecule has 0 bridgehead atoms. The molecule has 5 atom stereocenters. The second-order valence-corrected chi connectivity index (χ2v) is 2.88. The van der Waals surface area contributed by atoms with Crippen LogP contribution in [0.5, 0.6) is 0 Å². The molecule has 0 unspecified atom stereocenters. The van der Waals surface area contributed by atoms with E-state index in [1.807, 2.05) is 0 Å². The number of aliphatic hydroxyl groups is 5. The van der Waals surface area contributed by atoms with Gasteiger partial charge in [-0.15, -0.1) is 0 Å². The van der Waals surface area contributed by atoms with Crippen molar-refractivity contribution in [3.63, 3.8) is 0 Å². The van der Waals surface area contributed by atoms with E-state index in [0.29, 0.717) is 0 Å². The molecule has 0 aliphatic carbocycles. The Bertz CT molecular complexity index is 190. The van der Waals surface area contributed by atoms with Crippen molar-refractivity contribution in [2.24, 2.45) is 0 Å². The predicted molar refractivity (Wildman–Crippen MR) is 36.0 cm³/mol. The van der Waals surface area contributed by atoms with Gasteiger partial charge in [0.15, 0.2) is 6.29 Å². The van der Waals surface area contributed by atoms with Gasteiger partial charge < -0.3 is 30.3 Å². The molecule has 1 heterocycles. The average molecular weight is 198 g/mol. The Labute approximate surface area is 72.8 Å². The van der Waals surface area contributed by atoms with E-state index in [0.717, 1.165) is 0 Å². The zero-order valence-corrected chi connectivity index (χ0v) is 6.54. The number of hydrogen-bond acceptors (Lipinski definition) is 6. The Morgan fingerprint density at radius 1 is 1.15 bits per heavy atom. The van der Waals surface area contributed by atoms with Crippen molar-refractivity contribution in [2.45, 2.75) is 30.5 Å². The maximum absolute atomic E-state index is 13.2. The van der Waals surface area contributed by atoms with Crippen molar-refractivity contribution in [2.75, 3.05) is 6.61 Å². The van der Waals surface area contributed by atoms with Crippen molar-refractivity contribution < 1.29 is 34.7 Å². The summed E-state index contributed by atoms with van der Waals surface area (Å²) in [5.74, 6) is -2.95. The van der Waals surface area contributed by atoms with Crippen LogP contribution in [0.25, 0.3) is 0 Å². The van der Waals surface area contributed by atoms with Crippen molar-refractivity contribution in [1.82, 2.24) is 0 Å². The minimum atomic E-state index is -2.95. The van der Waals surface area contributed by atoms with Crippen LogP contribution in [-0.4, -0.2) is 62.6 Å². The second-order valence-electron chi connectivity index (χ2n) is 2.88. The number of halogens is 1. The molecule has 7 heteroatoms. The highest BCUT2D eigenvalue weighted by Crippen LogP contribution is 2.29. The number of aliphatic hydroxyl groups excluding tert-OH is 5. The van der Waals surface area contributed by atoms with Crippen LogP contribution in [-0.2, 0) is 4.74 Å². The lowest BCUT2D eigenvalue weighted by molar-refractivity contribution is -0.365. The zero-order valence-electron chi connectivity index (χ0n) is 6.54. The van der Waals surface area contributed by atoms with Crippen molar-refractivity contribution in [3.05, 3.63) is 0 Å². The third-order valence-electron chi connectivity index (χ3n) is 1.94. The van der Waals surface area contributed by atoms with E-state index in [-0.39, 0.29) is 0 Å². The summed E-state index contributed by atoms with van der Waals surface area (Å²) < 4.78 is 17.3. The summed E-state index contributed by atoms with van der Waals surface area (Å²) >= 11 is 0. The Kier molecular flexibility index (Phi) is 2.85. The van der Waals surface area contributed by atoms with Gasteiger partial charge in [-0.3, -0.25) is 0 Å². The highest BCUT2D eigenvalue weighted by Gasteiger charge is 2.53. The molecule has 1 saturated heterocycles. The molecule has 13 heavy (non-hydrogen) atoms. The molecule has 0 radical (unpaired) electrons. The van der Waals surface area contributed by atoms with Gasteiger partial charge in [-0.25, -0.2) is 4.39 Å². The fraction of sp³-hybridized carbons (Fsp3) is 1.00. The van der Waals surface area contributed by atoms with Crippen LogP contribution >= 0.6 is 0 Å². The summed E-state index contributed by atoms with van der Waals surface area (Å²) in [6, 6.07) is 0. The highest BCUT2D eigenvalue weighted by molar-refractivity contribution is 4.93. The number of rotatable bonds is 1. The van der Waals surface area contributed by atoms with Gasteiger partial charge in [-0.2, -0.15) is 0 Å². The molecule has 5 N–H and O–H groups in total. The quantitative estimate of drug-likeness (QED) is 0.308. The van der Waals surface area contributed by atoms with Crippen molar-refractivity contribution in [1.29, 1.82) is 0 Å². The molecule has 1 aliphatic rings. The molecule has 1 aliphatic heterocycles. The molecule has 1 rings (SSSR count). The molecule has 0 aromatic rings. The van der Waals surface area contributed by atoms with Gasteiger partial charge in [0, 0.05) is 0 Å². The molecular weight excluding hydrogens is 187 g/mol. The van der Waals surface area contributed by atoms with Crippen LogP contribution in [0, 0.1) is 0 Å². The predicted octanol–water partition coefficient (Wildman–Crippen LogP) is -2.92. The van der Waals surface area contributed by atoms with Gasteiger partial charge in [-0.1, -0.05) is 0 Å². The Morgan fingerprint density at radius 2 is 1.69 bits per heavy atom. The molecule has 0 saturated carbocycles. The maximum Gasteiger partial charge on any atom is 0.263 e. The standard InChI is InChI=1S/C6H11FO6/c7-6(1-8)4(11)2(9)3(10)5(12)13-6/h2-5,8-12H,1H2/t2-,3-,4+,5-,6+/m1/s1. The fourth-order valence-electron chi connectivity index (χ4n) is 1.08. The van der Waals surface area contributed by atoms with Gasteiger partial charge in [0.05, 0.1) is 0 Å². The van der Waals surface area contributed by atoms with E-state index in [1.165, 1.54) is 0 Å².